The molecule has 4 rings (SSSR count). The summed E-state index contributed by atoms with van der Waals surface area (Å²) in [5.74, 6) is 0.940. The third kappa shape index (κ3) is 4.90. The van der Waals surface area contributed by atoms with Crippen LogP contribution in [0.1, 0.15) is 21.5 Å². The lowest BCUT2D eigenvalue weighted by molar-refractivity contribution is 0.0952. The van der Waals surface area contributed by atoms with Gasteiger partial charge in [0.25, 0.3) is 5.91 Å². The highest BCUT2D eigenvalue weighted by Crippen LogP contribution is 2.21. The van der Waals surface area contributed by atoms with Crippen molar-refractivity contribution in [1.82, 2.24) is 5.43 Å². The molecule has 4 aromatic carbocycles. The Labute approximate surface area is 180 Å². The van der Waals surface area contributed by atoms with Crippen LogP contribution in [-0.4, -0.2) is 19.2 Å². The molecule has 5 heteroatoms. The van der Waals surface area contributed by atoms with E-state index in [0.29, 0.717) is 17.9 Å². The number of ether oxygens (including phenoxy) is 2. The van der Waals surface area contributed by atoms with Crippen molar-refractivity contribution in [3.05, 3.63) is 108 Å². The van der Waals surface area contributed by atoms with Crippen LogP contribution in [0.15, 0.2) is 96.1 Å². The lowest BCUT2D eigenvalue weighted by Crippen LogP contribution is -2.18. The molecule has 5 nitrogen and oxygen atoms in total. The maximum absolute atomic E-state index is 12.3. The molecule has 0 aromatic heterocycles. The largest absolute Gasteiger partial charge is 0.496 e. The number of nitrogens with one attached hydrogen (secondary N) is 1. The second-order valence-electron chi connectivity index (χ2n) is 6.90. The standard InChI is InChI=1S/C26H22N2O3/c1-30-25-12-5-4-11-24(25)26(29)28-27-17-19-13-15-22(16-14-19)31-18-21-9-6-8-20-7-2-3-10-23(20)21/h2-17H,18H2,1H3,(H,28,29). The van der Waals surface area contributed by atoms with E-state index in [-0.39, 0.29) is 5.91 Å². The number of benzene rings is 4. The van der Waals surface area contributed by atoms with E-state index < -0.39 is 0 Å². The van der Waals surface area contributed by atoms with Gasteiger partial charge in [0, 0.05) is 0 Å². The van der Waals surface area contributed by atoms with Gasteiger partial charge in [-0.05, 0) is 58.3 Å². The number of fused-ring (bicyclic) bond motifs is 1. The average molecular weight is 410 g/mol. The fourth-order valence-electron chi connectivity index (χ4n) is 3.29. The fourth-order valence-corrected chi connectivity index (χ4v) is 3.29. The summed E-state index contributed by atoms with van der Waals surface area (Å²) in [6.07, 6.45) is 1.59. The molecule has 0 radical (unpaired) electrons. The van der Waals surface area contributed by atoms with Gasteiger partial charge in [-0.1, -0.05) is 54.6 Å². The van der Waals surface area contributed by atoms with Gasteiger partial charge in [-0.15, -0.1) is 0 Å². The zero-order valence-electron chi connectivity index (χ0n) is 17.1. The molecule has 0 unspecified atom stereocenters. The lowest BCUT2D eigenvalue weighted by atomic mass is 10.1. The molecule has 31 heavy (non-hydrogen) atoms. The van der Waals surface area contributed by atoms with Gasteiger partial charge in [-0.2, -0.15) is 5.10 Å². The Balaban J connectivity index is 1.35. The van der Waals surface area contributed by atoms with Crippen molar-refractivity contribution < 1.29 is 14.3 Å². The van der Waals surface area contributed by atoms with E-state index in [1.807, 2.05) is 48.5 Å². The quantitative estimate of drug-likeness (QED) is 0.337. The number of rotatable bonds is 7. The predicted octanol–water partition coefficient (Wildman–Crippen LogP) is 5.19. The zero-order valence-corrected chi connectivity index (χ0v) is 17.1. The Kier molecular flexibility index (Phi) is 6.24. The van der Waals surface area contributed by atoms with Crippen LogP contribution in [0.4, 0.5) is 0 Å². The van der Waals surface area contributed by atoms with Crippen molar-refractivity contribution in [3.8, 4) is 11.5 Å². The van der Waals surface area contributed by atoms with Crippen molar-refractivity contribution in [2.75, 3.05) is 7.11 Å². The van der Waals surface area contributed by atoms with Gasteiger partial charge in [0.15, 0.2) is 0 Å². The van der Waals surface area contributed by atoms with Crippen molar-refractivity contribution in [3.63, 3.8) is 0 Å². The summed E-state index contributed by atoms with van der Waals surface area (Å²) >= 11 is 0. The van der Waals surface area contributed by atoms with Crippen LogP contribution in [0.25, 0.3) is 10.8 Å². The molecule has 0 bridgehead atoms. The summed E-state index contributed by atoms with van der Waals surface area (Å²) < 4.78 is 11.1. The summed E-state index contributed by atoms with van der Waals surface area (Å²) in [7, 11) is 1.53. The molecule has 0 saturated carbocycles. The van der Waals surface area contributed by atoms with Crippen LogP contribution >= 0.6 is 0 Å². The van der Waals surface area contributed by atoms with Crippen LogP contribution in [0.2, 0.25) is 0 Å². The molecule has 0 fully saturated rings. The number of methoxy groups -OCH3 is 1. The van der Waals surface area contributed by atoms with Gasteiger partial charge < -0.3 is 9.47 Å². The number of amides is 1. The number of carbonyl (C=O) groups excluding carboxylic acids is 1. The maximum Gasteiger partial charge on any atom is 0.275 e. The number of hydrogen-bond acceptors (Lipinski definition) is 4. The second-order valence-corrected chi connectivity index (χ2v) is 6.90. The van der Waals surface area contributed by atoms with Crippen LogP contribution in [0.3, 0.4) is 0 Å². The molecular weight excluding hydrogens is 388 g/mol. The van der Waals surface area contributed by atoms with Gasteiger partial charge in [0.2, 0.25) is 0 Å². The van der Waals surface area contributed by atoms with E-state index in [2.05, 4.69) is 34.8 Å². The molecule has 154 valence electrons. The minimum atomic E-state index is -0.330. The number of hydrogen-bond donors (Lipinski definition) is 1. The highest BCUT2D eigenvalue weighted by Gasteiger charge is 2.10. The van der Waals surface area contributed by atoms with Crippen LogP contribution in [0, 0.1) is 0 Å². The highest BCUT2D eigenvalue weighted by molar-refractivity contribution is 5.97. The fraction of sp³-hybridized carbons (Fsp3) is 0.0769. The molecule has 0 saturated heterocycles. The van der Waals surface area contributed by atoms with E-state index in [9.17, 15) is 4.79 Å². The van der Waals surface area contributed by atoms with Crippen molar-refractivity contribution in [1.29, 1.82) is 0 Å². The van der Waals surface area contributed by atoms with E-state index in [1.165, 1.54) is 17.9 Å². The van der Waals surface area contributed by atoms with E-state index in [1.54, 1.807) is 24.4 Å². The second kappa shape index (κ2) is 9.59. The Morgan fingerprint density at radius 1 is 0.903 bits per heavy atom. The third-order valence-electron chi connectivity index (χ3n) is 4.89. The molecule has 0 aliphatic rings. The summed E-state index contributed by atoms with van der Waals surface area (Å²) in [5, 5.41) is 6.42. The summed E-state index contributed by atoms with van der Waals surface area (Å²) in [4.78, 5) is 12.3. The molecular formula is C26H22N2O3. The number of nitrogens with zero attached hydrogens (tertiary/aromatic N) is 1. The van der Waals surface area contributed by atoms with Crippen molar-refractivity contribution in [2.45, 2.75) is 6.61 Å². The lowest BCUT2D eigenvalue weighted by Gasteiger charge is -2.09. The van der Waals surface area contributed by atoms with Gasteiger partial charge >= 0.3 is 0 Å². The van der Waals surface area contributed by atoms with Gasteiger partial charge in [-0.25, -0.2) is 5.43 Å². The van der Waals surface area contributed by atoms with Crippen LogP contribution in [-0.2, 0) is 6.61 Å². The molecule has 1 N–H and O–H groups in total. The van der Waals surface area contributed by atoms with Crippen molar-refractivity contribution in [2.24, 2.45) is 5.10 Å². The topological polar surface area (TPSA) is 59.9 Å². The zero-order chi connectivity index (χ0) is 21.5. The SMILES string of the molecule is COc1ccccc1C(=O)NN=Cc1ccc(OCc2cccc3ccccc23)cc1. The molecule has 1 amide bonds. The van der Waals surface area contributed by atoms with Gasteiger partial charge in [0.1, 0.15) is 18.1 Å². The monoisotopic (exact) mass is 410 g/mol. The molecule has 0 aliphatic heterocycles. The maximum atomic E-state index is 12.3. The first-order valence-electron chi connectivity index (χ1n) is 9.90. The smallest absolute Gasteiger partial charge is 0.275 e. The Hall–Kier alpha value is -4.12. The predicted molar refractivity (Wildman–Crippen MR) is 123 cm³/mol. The summed E-state index contributed by atoms with van der Waals surface area (Å²) in [5.41, 5.74) is 4.94. The number of para-hydroxylation sites is 1. The molecule has 0 heterocycles. The minimum Gasteiger partial charge on any atom is -0.496 e. The Morgan fingerprint density at radius 2 is 1.65 bits per heavy atom. The van der Waals surface area contributed by atoms with E-state index in [4.69, 9.17) is 9.47 Å². The number of carbonyl (C=O) groups is 1. The number of hydrazone groups is 1. The molecule has 0 spiro atoms. The molecule has 0 aliphatic carbocycles. The van der Waals surface area contributed by atoms with Gasteiger partial charge in [-0.3, -0.25) is 4.79 Å². The van der Waals surface area contributed by atoms with Crippen LogP contribution in [0.5, 0.6) is 11.5 Å². The highest BCUT2D eigenvalue weighted by atomic mass is 16.5. The minimum absolute atomic E-state index is 0.330. The first-order chi connectivity index (χ1) is 15.2. The third-order valence-corrected chi connectivity index (χ3v) is 4.89. The normalized spacial score (nSPS) is 10.9. The molecule has 4 aromatic rings. The van der Waals surface area contributed by atoms with Crippen LogP contribution < -0.4 is 14.9 Å². The Morgan fingerprint density at radius 3 is 2.48 bits per heavy atom. The molecule has 0 atom stereocenters. The first kappa shape index (κ1) is 20.2. The van der Waals surface area contributed by atoms with E-state index >= 15 is 0 Å². The van der Waals surface area contributed by atoms with E-state index in [0.717, 1.165) is 16.9 Å². The average Bonchev–Trinajstić information content (AvgIpc) is 2.83. The van der Waals surface area contributed by atoms with Crippen molar-refractivity contribution >= 4 is 22.9 Å². The Bertz CT molecular complexity index is 1210. The summed E-state index contributed by atoms with van der Waals surface area (Å²) in [6.45, 7) is 0.490. The first-order valence-corrected chi connectivity index (χ1v) is 9.90. The van der Waals surface area contributed by atoms with Gasteiger partial charge in [0.05, 0.1) is 18.9 Å². The summed E-state index contributed by atoms with van der Waals surface area (Å²) in [6, 6.07) is 29.0.